The lowest BCUT2D eigenvalue weighted by Gasteiger charge is -2.11. The number of carbonyl (C=O) groups is 1. The number of amides is 1. The van der Waals surface area contributed by atoms with Gasteiger partial charge in [0.2, 0.25) is 0 Å². The summed E-state index contributed by atoms with van der Waals surface area (Å²) < 4.78 is 16.8. The van der Waals surface area contributed by atoms with Crippen LogP contribution in [0.15, 0.2) is 42.6 Å². The van der Waals surface area contributed by atoms with Crippen LogP contribution in [0.4, 0.5) is 10.2 Å². The Morgan fingerprint density at radius 1 is 1.25 bits per heavy atom. The number of anilines is 1. The molecule has 3 aromatic heterocycles. The van der Waals surface area contributed by atoms with Gasteiger partial charge < -0.3 is 5.32 Å². The molecule has 28 heavy (non-hydrogen) atoms. The molecule has 4 aromatic rings. The summed E-state index contributed by atoms with van der Waals surface area (Å²) in [6, 6.07) is 10.2. The van der Waals surface area contributed by atoms with E-state index < -0.39 is 0 Å². The first-order valence-corrected chi connectivity index (χ1v) is 9.80. The minimum Gasteiger partial charge on any atom is -0.306 e. The number of fused-ring (bicyclic) bond motifs is 1. The van der Waals surface area contributed by atoms with Crippen LogP contribution in [-0.2, 0) is 6.54 Å². The van der Waals surface area contributed by atoms with E-state index in [2.05, 4.69) is 15.5 Å². The van der Waals surface area contributed by atoms with E-state index in [0.717, 1.165) is 21.5 Å². The molecule has 0 saturated carbocycles. The quantitative estimate of drug-likeness (QED) is 0.534. The van der Waals surface area contributed by atoms with Gasteiger partial charge >= 0.3 is 0 Å². The van der Waals surface area contributed by atoms with Crippen molar-refractivity contribution in [1.82, 2.24) is 19.6 Å². The molecule has 0 saturated heterocycles. The summed E-state index contributed by atoms with van der Waals surface area (Å²) in [6.45, 7) is 6.46. The fourth-order valence-corrected chi connectivity index (χ4v) is 4.15. The maximum atomic E-state index is 13.1. The van der Waals surface area contributed by atoms with Crippen LogP contribution >= 0.6 is 11.3 Å². The van der Waals surface area contributed by atoms with E-state index in [-0.39, 0.29) is 17.8 Å². The summed E-state index contributed by atoms with van der Waals surface area (Å²) in [6.07, 6.45) is 1.67. The second kappa shape index (κ2) is 7.20. The van der Waals surface area contributed by atoms with Crippen molar-refractivity contribution in [3.05, 3.63) is 64.5 Å². The van der Waals surface area contributed by atoms with Gasteiger partial charge in [-0.2, -0.15) is 10.2 Å². The summed E-state index contributed by atoms with van der Waals surface area (Å²) in [5.74, 6) is 0.236. The van der Waals surface area contributed by atoms with Gasteiger partial charge in [0, 0.05) is 17.5 Å². The van der Waals surface area contributed by atoms with Crippen molar-refractivity contribution in [2.24, 2.45) is 0 Å². The number of nitrogens with one attached hydrogen (secondary N) is 1. The van der Waals surface area contributed by atoms with Gasteiger partial charge in [0.1, 0.15) is 16.5 Å². The molecular formula is C20H20FN5OS. The Balaban J connectivity index is 1.61. The van der Waals surface area contributed by atoms with Crippen LogP contribution in [0.25, 0.3) is 10.2 Å². The van der Waals surface area contributed by atoms with Crippen LogP contribution < -0.4 is 5.32 Å². The molecule has 0 unspecified atom stereocenters. The van der Waals surface area contributed by atoms with Gasteiger partial charge in [-0.15, -0.1) is 11.3 Å². The van der Waals surface area contributed by atoms with E-state index in [1.165, 1.54) is 23.5 Å². The zero-order valence-corrected chi connectivity index (χ0v) is 16.6. The standard InChI is InChI=1S/C20H20FN5OS/c1-12(2)26-18(8-9-22-26)23-19(27)17-10-16-13(3)24-25(20(16)28-17)11-14-4-6-15(21)7-5-14/h4-10,12H,11H2,1-3H3,(H,23,27). The minimum atomic E-state index is -0.263. The molecule has 144 valence electrons. The van der Waals surface area contributed by atoms with Crippen LogP contribution in [-0.4, -0.2) is 25.5 Å². The number of hydrogen-bond donors (Lipinski definition) is 1. The predicted molar refractivity (Wildman–Crippen MR) is 108 cm³/mol. The normalized spacial score (nSPS) is 11.5. The molecule has 0 bridgehead atoms. The molecule has 3 heterocycles. The third-order valence-electron chi connectivity index (χ3n) is 4.48. The number of aryl methyl sites for hydroxylation is 1. The largest absolute Gasteiger partial charge is 0.306 e. The number of thiophene rings is 1. The number of benzene rings is 1. The molecule has 4 rings (SSSR count). The number of aromatic nitrogens is 4. The van der Waals surface area contributed by atoms with Gasteiger partial charge in [0.25, 0.3) is 5.91 Å². The van der Waals surface area contributed by atoms with E-state index in [4.69, 9.17) is 0 Å². The molecule has 1 amide bonds. The Kier molecular flexibility index (Phi) is 4.72. The molecule has 6 nitrogen and oxygen atoms in total. The average molecular weight is 397 g/mol. The van der Waals surface area contributed by atoms with Crippen molar-refractivity contribution in [2.45, 2.75) is 33.4 Å². The van der Waals surface area contributed by atoms with E-state index in [1.54, 1.807) is 29.1 Å². The highest BCUT2D eigenvalue weighted by Crippen LogP contribution is 2.29. The van der Waals surface area contributed by atoms with Crippen molar-refractivity contribution in [3.8, 4) is 0 Å². The zero-order valence-electron chi connectivity index (χ0n) is 15.8. The topological polar surface area (TPSA) is 64.7 Å². The third-order valence-corrected chi connectivity index (χ3v) is 5.62. The summed E-state index contributed by atoms with van der Waals surface area (Å²) >= 11 is 1.40. The maximum Gasteiger partial charge on any atom is 0.266 e. The lowest BCUT2D eigenvalue weighted by Crippen LogP contribution is -2.15. The Hall–Kier alpha value is -3.00. The fourth-order valence-electron chi connectivity index (χ4n) is 3.10. The van der Waals surface area contributed by atoms with E-state index in [0.29, 0.717) is 17.2 Å². The molecular weight excluding hydrogens is 377 g/mol. The Bertz CT molecular complexity index is 1140. The van der Waals surface area contributed by atoms with Gasteiger partial charge in [-0.1, -0.05) is 12.1 Å². The van der Waals surface area contributed by atoms with Crippen LogP contribution in [0.2, 0.25) is 0 Å². The first-order chi connectivity index (χ1) is 13.4. The highest BCUT2D eigenvalue weighted by molar-refractivity contribution is 7.20. The molecule has 0 spiro atoms. The van der Waals surface area contributed by atoms with Gasteiger partial charge in [-0.05, 0) is 44.5 Å². The monoisotopic (exact) mass is 397 g/mol. The maximum absolute atomic E-state index is 13.1. The first kappa shape index (κ1) is 18.4. The summed E-state index contributed by atoms with van der Waals surface area (Å²) in [5, 5.41) is 12.7. The first-order valence-electron chi connectivity index (χ1n) is 8.98. The Morgan fingerprint density at radius 2 is 2.00 bits per heavy atom. The molecule has 0 radical (unpaired) electrons. The van der Waals surface area contributed by atoms with Gasteiger partial charge in [-0.3, -0.25) is 9.48 Å². The van der Waals surface area contributed by atoms with Crippen LogP contribution in [0, 0.1) is 12.7 Å². The van der Waals surface area contributed by atoms with Gasteiger partial charge in [0.05, 0.1) is 23.3 Å². The van der Waals surface area contributed by atoms with Gasteiger partial charge in [-0.25, -0.2) is 9.07 Å². The molecule has 1 N–H and O–H groups in total. The summed E-state index contributed by atoms with van der Waals surface area (Å²) in [5.41, 5.74) is 1.81. The fraction of sp³-hybridized carbons (Fsp3) is 0.250. The third kappa shape index (κ3) is 3.43. The molecule has 0 aliphatic carbocycles. The second-order valence-electron chi connectivity index (χ2n) is 6.91. The van der Waals surface area contributed by atoms with Crippen LogP contribution in [0.3, 0.4) is 0 Å². The van der Waals surface area contributed by atoms with E-state index in [9.17, 15) is 9.18 Å². The molecule has 0 aliphatic heterocycles. The molecule has 0 fully saturated rings. The zero-order chi connectivity index (χ0) is 19.8. The van der Waals surface area contributed by atoms with Crippen molar-refractivity contribution in [2.75, 3.05) is 5.32 Å². The molecule has 8 heteroatoms. The lowest BCUT2D eigenvalue weighted by molar-refractivity contribution is 0.102. The second-order valence-corrected chi connectivity index (χ2v) is 7.94. The predicted octanol–water partition coefficient (Wildman–Crippen LogP) is 4.62. The SMILES string of the molecule is Cc1nn(Cc2ccc(F)cc2)c2sc(C(=O)Nc3ccnn3C(C)C)cc12. The number of carbonyl (C=O) groups excluding carboxylic acids is 1. The van der Waals surface area contributed by atoms with Crippen molar-refractivity contribution in [3.63, 3.8) is 0 Å². The van der Waals surface area contributed by atoms with Crippen molar-refractivity contribution in [1.29, 1.82) is 0 Å². The van der Waals surface area contributed by atoms with Crippen molar-refractivity contribution < 1.29 is 9.18 Å². The number of rotatable bonds is 5. The molecule has 0 aliphatic rings. The van der Waals surface area contributed by atoms with E-state index in [1.807, 2.05) is 31.5 Å². The van der Waals surface area contributed by atoms with Crippen LogP contribution in [0.1, 0.15) is 40.8 Å². The molecule has 1 aromatic carbocycles. The minimum absolute atomic E-state index is 0.152. The highest BCUT2D eigenvalue weighted by Gasteiger charge is 2.18. The lowest BCUT2D eigenvalue weighted by atomic mass is 10.2. The smallest absolute Gasteiger partial charge is 0.266 e. The average Bonchev–Trinajstić information content (AvgIpc) is 3.35. The summed E-state index contributed by atoms with van der Waals surface area (Å²) in [7, 11) is 0. The van der Waals surface area contributed by atoms with Gasteiger partial charge in [0.15, 0.2) is 0 Å². The Morgan fingerprint density at radius 3 is 2.71 bits per heavy atom. The van der Waals surface area contributed by atoms with Crippen LogP contribution in [0.5, 0.6) is 0 Å². The van der Waals surface area contributed by atoms with Crippen molar-refractivity contribution >= 4 is 33.3 Å². The Labute approximate surface area is 165 Å². The highest BCUT2D eigenvalue weighted by atomic mass is 32.1. The number of halogens is 1. The number of hydrogen-bond acceptors (Lipinski definition) is 4. The summed E-state index contributed by atoms with van der Waals surface area (Å²) in [4.78, 5) is 14.3. The number of nitrogens with zero attached hydrogens (tertiary/aromatic N) is 4. The van der Waals surface area contributed by atoms with E-state index >= 15 is 0 Å². The molecule has 0 atom stereocenters.